The highest BCUT2D eigenvalue weighted by atomic mass is 19.1. The number of nitrogen functional groups attached to an aromatic ring is 1. The van der Waals surface area contributed by atoms with Crippen LogP contribution in [-0.2, 0) is 0 Å². The molecule has 2 aromatic rings. The molecule has 1 aromatic carbocycles. The molecule has 0 spiro atoms. The van der Waals surface area contributed by atoms with Gasteiger partial charge < -0.3 is 5.73 Å². The van der Waals surface area contributed by atoms with Crippen LogP contribution in [0.25, 0.3) is 5.69 Å². The summed E-state index contributed by atoms with van der Waals surface area (Å²) in [4.78, 5) is 11.4. The molecule has 16 heavy (non-hydrogen) atoms. The van der Waals surface area contributed by atoms with Crippen molar-refractivity contribution in [1.29, 1.82) is 0 Å². The molecular weight excluding hydrogens is 214 g/mol. The monoisotopic (exact) mass is 222 g/mol. The van der Waals surface area contributed by atoms with Crippen LogP contribution >= 0.6 is 0 Å². The smallest absolute Gasteiger partial charge is 0.291 e. The van der Waals surface area contributed by atoms with Gasteiger partial charge >= 0.3 is 0 Å². The summed E-state index contributed by atoms with van der Waals surface area (Å²) >= 11 is 0. The van der Waals surface area contributed by atoms with Crippen molar-refractivity contribution in [2.45, 2.75) is 0 Å². The highest BCUT2D eigenvalue weighted by molar-refractivity contribution is 5.45. The molecule has 0 unspecified atom stereocenters. The summed E-state index contributed by atoms with van der Waals surface area (Å²) in [6, 6.07) is 6.66. The predicted molar refractivity (Wildman–Crippen MR) is 56.4 cm³/mol. The second kappa shape index (κ2) is 3.77. The molecule has 2 rings (SSSR count). The number of pyridine rings is 1. The van der Waals surface area contributed by atoms with Gasteiger partial charge in [-0.05, 0) is 24.3 Å². The molecule has 0 aliphatic rings. The Balaban J connectivity index is 2.64. The molecule has 0 radical (unpaired) electrons. The number of hydrogen-bond acceptors (Lipinski definition) is 2. The third-order valence-corrected chi connectivity index (χ3v) is 2.11. The first-order valence-corrected chi connectivity index (χ1v) is 4.51. The van der Waals surface area contributed by atoms with Gasteiger partial charge in [0.2, 0.25) is 0 Å². The van der Waals surface area contributed by atoms with Gasteiger partial charge in [0.05, 0.1) is 0 Å². The van der Waals surface area contributed by atoms with E-state index in [0.29, 0.717) is 17.4 Å². The van der Waals surface area contributed by atoms with Crippen LogP contribution in [0.15, 0.2) is 41.3 Å². The molecule has 1 heterocycles. The average Bonchev–Trinajstić information content (AvgIpc) is 2.25. The molecule has 0 atom stereocenters. The lowest BCUT2D eigenvalue weighted by molar-refractivity contribution is 0.553. The van der Waals surface area contributed by atoms with Crippen LogP contribution in [0.5, 0.6) is 0 Å². The summed E-state index contributed by atoms with van der Waals surface area (Å²) < 4.78 is 26.8. The van der Waals surface area contributed by atoms with E-state index in [2.05, 4.69) is 0 Å². The Labute approximate surface area is 89.8 Å². The van der Waals surface area contributed by atoms with Gasteiger partial charge in [-0.2, -0.15) is 0 Å². The highest BCUT2D eigenvalue weighted by Crippen LogP contribution is 2.10. The number of rotatable bonds is 1. The zero-order chi connectivity index (χ0) is 11.7. The van der Waals surface area contributed by atoms with Crippen molar-refractivity contribution < 1.29 is 8.78 Å². The first kappa shape index (κ1) is 10.4. The van der Waals surface area contributed by atoms with E-state index in [-0.39, 0.29) is 0 Å². The summed E-state index contributed by atoms with van der Waals surface area (Å²) in [5, 5.41) is 0. The van der Waals surface area contributed by atoms with E-state index >= 15 is 0 Å². The van der Waals surface area contributed by atoms with Crippen molar-refractivity contribution in [1.82, 2.24) is 4.57 Å². The normalized spacial score (nSPS) is 10.4. The van der Waals surface area contributed by atoms with E-state index in [1.165, 1.54) is 12.1 Å². The van der Waals surface area contributed by atoms with Crippen LogP contribution in [0.2, 0.25) is 0 Å². The Kier molecular flexibility index (Phi) is 2.44. The lowest BCUT2D eigenvalue weighted by atomic mass is 10.3. The lowest BCUT2D eigenvalue weighted by Crippen LogP contribution is -2.21. The van der Waals surface area contributed by atoms with Crippen molar-refractivity contribution in [2.75, 3.05) is 5.73 Å². The SMILES string of the molecule is Nc1ccc(-n2cc(F)cc(F)c2=O)cc1. The molecule has 0 aliphatic heterocycles. The van der Waals surface area contributed by atoms with Crippen molar-refractivity contribution in [2.24, 2.45) is 0 Å². The topological polar surface area (TPSA) is 48.0 Å². The van der Waals surface area contributed by atoms with Gasteiger partial charge in [-0.25, -0.2) is 8.78 Å². The quantitative estimate of drug-likeness (QED) is 0.746. The predicted octanol–water partition coefficient (Wildman–Crippen LogP) is 1.70. The Hall–Kier alpha value is -2.17. The minimum atomic E-state index is -1.13. The number of hydrogen-bond donors (Lipinski definition) is 1. The number of nitrogens with two attached hydrogens (primary N) is 1. The maximum absolute atomic E-state index is 13.0. The fraction of sp³-hybridized carbons (Fsp3) is 0. The molecule has 82 valence electrons. The molecule has 0 aliphatic carbocycles. The van der Waals surface area contributed by atoms with Gasteiger partial charge in [0.25, 0.3) is 5.56 Å². The van der Waals surface area contributed by atoms with Gasteiger partial charge in [0.15, 0.2) is 5.82 Å². The Morgan fingerprint density at radius 3 is 2.38 bits per heavy atom. The van der Waals surface area contributed by atoms with E-state index in [0.717, 1.165) is 10.8 Å². The number of halogens is 2. The molecule has 1 aromatic heterocycles. The third kappa shape index (κ3) is 1.79. The van der Waals surface area contributed by atoms with Crippen molar-refractivity contribution >= 4 is 5.69 Å². The lowest BCUT2D eigenvalue weighted by Gasteiger charge is -2.05. The van der Waals surface area contributed by atoms with Crippen molar-refractivity contribution in [3.8, 4) is 5.69 Å². The van der Waals surface area contributed by atoms with E-state index in [9.17, 15) is 13.6 Å². The summed E-state index contributed by atoms with van der Waals surface area (Å²) in [5.74, 6) is -1.94. The average molecular weight is 222 g/mol. The maximum atomic E-state index is 13.0. The van der Waals surface area contributed by atoms with Crippen LogP contribution in [0.1, 0.15) is 0 Å². The molecule has 0 fully saturated rings. The molecular formula is C11H8F2N2O. The third-order valence-electron chi connectivity index (χ3n) is 2.11. The standard InChI is InChI=1S/C11H8F2N2O/c12-7-5-10(13)11(16)15(6-7)9-3-1-8(14)2-4-9/h1-6H,14H2. The second-order valence-electron chi connectivity index (χ2n) is 3.27. The number of aromatic nitrogens is 1. The largest absolute Gasteiger partial charge is 0.399 e. The summed E-state index contributed by atoms with van der Waals surface area (Å²) in [5.41, 5.74) is 5.44. The van der Waals surface area contributed by atoms with E-state index in [1.54, 1.807) is 12.1 Å². The van der Waals surface area contributed by atoms with Gasteiger partial charge in [-0.15, -0.1) is 0 Å². The van der Waals surface area contributed by atoms with E-state index < -0.39 is 17.2 Å². The minimum absolute atomic E-state index is 0.359. The minimum Gasteiger partial charge on any atom is -0.399 e. The van der Waals surface area contributed by atoms with E-state index in [4.69, 9.17) is 5.73 Å². The van der Waals surface area contributed by atoms with Gasteiger partial charge in [0.1, 0.15) is 5.82 Å². The second-order valence-corrected chi connectivity index (χ2v) is 3.27. The fourth-order valence-electron chi connectivity index (χ4n) is 1.34. The van der Waals surface area contributed by atoms with Crippen LogP contribution in [0.4, 0.5) is 14.5 Å². The van der Waals surface area contributed by atoms with Crippen molar-refractivity contribution in [3.05, 3.63) is 58.5 Å². The molecule has 0 amide bonds. The van der Waals surface area contributed by atoms with E-state index in [1.807, 2.05) is 0 Å². The molecule has 0 bridgehead atoms. The summed E-state index contributed by atoms with van der Waals surface area (Å²) in [6.45, 7) is 0. The molecule has 0 saturated carbocycles. The van der Waals surface area contributed by atoms with Gasteiger partial charge in [-0.1, -0.05) is 0 Å². The number of nitrogens with zero attached hydrogens (tertiary/aromatic N) is 1. The molecule has 2 N–H and O–H groups in total. The van der Waals surface area contributed by atoms with Crippen LogP contribution in [0.3, 0.4) is 0 Å². The Morgan fingerprint density at radius 1 is 1.12 bits per heavy atom. The molecule has 3 nitrogen and oxygen atoms in total. The first-order chi connectivity index (χ1) is 7.58. The molecule has 0 saturated heterocycles. The zero-order valence-electron chi connectivity index (χ0n) is 8.15. The Morgan fingerprint density at radius 2 is 1.75 bits per heavy atom. The van der Waals surface area contributed by atoms with Gasteiger partial charge in [-0.3, -0.25) is 9.36 Å². The fourth-order valence-corrected chi connectivity index (χ4v) is 1.34. The summed E-state index contributed by atoms with van der Waals surface area (Å²) in [6.07, 6.45) is 0.928. The van der Waals surface area contributed by atoms with Crippen LogP contribution in [0, 0.1) is 11.6 Å². The number of anilines is 1. The van der Waals surface area contributed by atoms with Crippen LogP contribution in [-0.4, -0.2) is 4.57 Å². The first-order valence-electron chi connectivity index (χ1n) is 4.51. The van der Waals surface area contributed by atoms with Crippen molar-refractivity contribution in [3.63, 3.8) is 0 Å². The van der Waals surface area contributed by atoms with Crippen LogP contribution < -0.4 is 11.3 Å². The van der Waals surface area contributed by atoms with Gasteiger partial charge in [0, 0.05) is 23.6 Å². The zero-order valence-corrected chi connectivity index (χ0v) is 8.15. The highest BCUT2D eigenvalue weighted by Gasteiger charge is 2.07. The number of benzene rings is 1. The maximum Gasteiger partial charge on any atom is 0.291 e. The Bertz CT molecular complexity index is 576. The molecule has 5 heteroatoms. The summed E-state index contributed by atoms with van der Waals surface area (Å²) in [7, 11) is 0.